The van der Waals surface area contributed by atoms with Crippen LogP contribution in [-0.2, 0) is 9.84 Å². The first-order valence-electron chi connectivity index (χ1n) is 8.07. The van der Waals surface area contributed by atoms with Crippen LogP contribution in [0.2, 0.25) is 0 Å². The number of para-hydroxylation sites is 1. The van der Waals surface area contributed by atoms with Gasteiger partial charge in [0.15, 0.2) is 23.3 Å². The van der Waals surface area contributed by atoms with E-state index in [1.165, 1.54) is 24.3 Å². The van der Waals surface area contributed by atoms with Crippen molar-refractivity contribution in [3.63, 3.8) is 0 Å². The standard InChI is InChI=1S/C14H5F4NO2.C4H10O2S/c15-9-7-8(10(16)12(18)11(9)17)14(21)19(13(7)20)6-4-2-1-3-5-6;1-3-7(5,6)4-2/h1-5H;3-4H2,1-2H3. The molecule has 150 valence electrons. The summed E-state index contributed by atoms with van der Waals surface area (Å²) in [6.07, 6.45) is 0. The van der Waals surface area contributed by atoms with Crippen molar-refractivity contribution in [1.29, 1.82) is 0 Å². The number of hydrogen-bond acceptors (Lipinski definition) is 4. The lowest BCUT2D eigenvalue weighted by Gasteiger charge is -2.13. The predicted octanol–water partition coefficient (Wildman–Crippen LogP) is 3.48. The Morgan fingerprint density at radius 1 is 0.750 bits per heavy atom. The minimum atomic E-state index is -2.66. The molecule has 1 heterocycles. The number of amides is 2. The maximum atomic E-state index is 13.7. The summed E-state index contributed by atoms with van der Waals surface area (Å²) >= 11 is 0. The lowest BCUT2D eigenvalue weighted by molar-refractivity contribution is 0.0924. The molecule has 0 bridgehead atoms. The van der Waals surface area contributed by atoms with Crippen molar-refractivity contribution in [3.8, 4) is 0 Å². The molecule has 10 heteroatoms. The molecule has 0 aliphatic carbocycles. The first kappa shape index (κ1) is 21.5. The quantitative estimate of drug-likeness (QED) is 0.332. The van der Waals surface area contributed by atoms with Crippen LogP contribution in [0.1, 0.15) is 34.6 Å². The average molecular weight is 417 g/mol. The second kappa shape index (κ2) is 8.09. The number of halogens is 4. The van der Waals surface area contributed by atoms with E-state index >= 15 is 0 Å². The monoisotopic (exact) mass is 417 g/mol. The van der Waals surface area contributed by atoms with E-state index in [1.807, 2.05) is 0 Å². The van der Waals surface area contributed by atoms with Crippen molar-refractivity contribution >= 4 is 27.3 Å². The van der Waals surface area contributed by atoms with Gasteiger partial charge in [-0.15, -0.1) is 0 Å². The molecule has 28 heavy (non-hydrogen) atoms. The van der Waals surface area contributed by atoms with E-state index in [4.69, 9.17) is 0 Å². The highest BCUT2D eigenvalue weighted by Gasteiger charge is 2.44. The highest BCUT2D eigenvalue weighted by molar-refractivity contribution is 7.91. The van der Waals surface area contributed by atoms with Crippen LogP contribution in [0.5, 0.6) is 0 Å². The molecule has 2 amide bonds. The van der Waals surface area contributed by atoms with Gasteiger partial charge in [0.05, 0.1) is 16.8 Å². The van der Waals surface area contributed by atoms with Crippen LogP contribution in [0.25, 0.3) is 0 Å². The Balaban J connectivity index is 0.000000345. The Morgan fingerprint density at radius 2 is 1.14 bits per heavy atom. The summed E-state index contributed by atoms with van der Waals surface area (Å²) in [5.41, 5.74) is -2.15. The Kier molecular flexibility index (Phi) is 6.23. The van der Waals surface area contributed by atoms with Gasteiger partial charge < -0.3 is 0 Å². The number of sulfone groups is 1. The number of carbonyl (C=O) groups is 2. The molecular weight excluding hydrogens is 402 g/mol. The Bertz CT molecular complexity index is 983. The zero-order chi connectivity index (χ0) is 21.2. The third kappa shape index (κ3) is 3.77. The lowest BCUT2D eigenvalue weighted by atomic mass is 10.1. The Hall–Kier alpha value is -2.75. The van der Waals surface area contributed by atoms with Gasteiger partial charge in [0, 0.05) is 11.5 Å². The second-order valence-corrected chi connectivity index (χ2v) is 8.25. The molecule has 2 aromatic carbocycles. The number of imide groups is 1. The highest BCUT2D eigenvalue weighted by atomic mass is 32.2. The van der Waals surface area contributed by atoms with E-state index < -0.39 is 56.0 Å². The number of benzene rings is 2. The summed E-state index contributed by atoms with van der Waals surface area (Å²) in [4.78, 5) is 24.6. The van der Waals surface area contributed by atoms with E-state index in [1.54, 1.807) is 19.9 Å². The van der Waals surface area contributed by atoms with Gasteiger partial charge in [-0.1, -0.05) is 32.0 Å². The van der Waals surface area contributed by atoms with Gasteiger partial charge in [0.25, 0.3) is 11.8 Å². The Labute approximate surface area is 158 Å². The molecule has 2 aromatic rings. The molecule has 1 aliphatic rings. The van der Waals surface area contributed by atoms with Crippen molar-refractivity contribution in [2.45, 2.75) is 13.8 Å². The minimum absolute atomic E-state index is 0.0447. The molecule has 1 aliphatic heterocycles. The second-order valence-electron chi connectivity index (χ2n) is 5.61. The first-order valence-corrected chi connectivity index (χ1v) is 9.89. The van der Waals surface area contributed by atoms with Crippen LogP contribution >= 0.6 is 0 Å². The van der Waals surface area contributed by atoms with Crippen LogP contribution in [0.4, 0.5) is 23.2 Å². The number of rotatable bonds is 3. The summed E-state index contributed by atoms with van der Waals surface area (Å²) in [7, 11) is -2.66. The number of carbonyl (C=O) groups excluding carboxylic acids is 2. The van der Waals surface area contributed by atoms with Gasteiger partial charge in [-0.25, -0.2) is 30.9 Å². The lowest BCUT2D eigenvalue weighted by Crippen LogP contribution is -2.29. The van der Waals surface area contributed by atoms with E-state index in [9.17, 15) is 35.6 Å². The molecule has 5 nitrogen and oxygen atoms in total. The summed E-state index contributed by atoms with van der Waals surface area (Å²) in [6.45, 7) is 3.30. The first-order chi connectivity index (χ1) is 13.1. The third-order valence-electron chi connectivity index (χ3n) is 4.00. The largest absolute Gasteiger partial charge is 0.269 e. The van der Waals surface area contributed by atoms with Gasteiger partial charge in [0.1, 0.15) is 9.84 Å². The molecule has 0 radical (unpaired) electrons. The maximum Gasteiger partial charge on any atom is 0.269 e. The number of fused-ring (bicyclic) bond motifs is 1. The fourth-order valence-corrected chi connectivity index (χ4v) is 2.77. The highest BCUT2D eigenvalue weighted by Crippen LogP contribution is 2.34. The number of nitrogens with zero attached hydrogens (tertiary/aromatic N) is 1. The molecule has 0 atom stereocenters. The maximum absolute atomic E-state index is 13.7. The molecule has 0 fully saturated rings. The fourth-order valence-electron chi connectivity index (χ4n) is 2.36. The van der Waals surface area contributed by atoms with Crippen LogP contribution in [0.3, 0.4) is 0 Å². The van der Waals surface area contributed by atoms with Gasteiger partial charge in [0.2, 0.25) is 0 Å². The third-order valence-corrected chi connectivity index (χ3v) is 5.75. The zero-order valence-electron chi connectivity index (χ0n) is 14.8. The van der Waals surface area contributed by atoms with Crippen LogP contribution in [-0.4, -0.2) is 31.7 Å². The molecule has 0 N–H and O–H groups in total. The van der Waals surface area contributed by atoms with E-state index in [0.29, 0.717) is 4.90 Å². The minimum Gasteiger partial charge on any atom is -0.268 e. The molecule has 0 unspecified atom stereocenters. The molecule has 0 aromatic heterocycles. The van der Waals surface area contributed by atoms with E-state index in [-0.39, 0.29) is 17.2 Å². The zero-order valence-corrected chi connectivity index (χ0v) is 15.6. The van der Waals surface area contributed by atoms with Crippen molar-refractivity contribution in [3.05, 3.63) is 64.7 Å². The van der Waals surface area contributed by atoms with Crippen molar-refractivity contribution in [2.75, 3.05) is 16.4 Å². The van der Waals surface area contributed by atoms with Gasteiger partial charge in [-0.2, -0.15) is 0 Å². The molecule has 0 saturated heterocycles. The molecule has 3 rings (SSSR count). The Morgan fingerprint density at radius 3 is 1.46 bits per heavy atom. The summed E-state index contributed by atoms with van der Waals surface area (Å²) < 4.78 is 74.5. The smallest absolute Gasteiger partial charge is 0.268 e. The predicted molar refractivity (Wildman–Crippen MR) is 93.9 cm³/mol. The van der Waals surface area contributed by atoms with Crippen molar-refractivity contribution in [1.82, 2.24) is 0 Å². The van der Waals surface area contributed by atoms with Crippen LogP contribution < -0.4 is 4.90 Å². The number of hydrogen-bond donors (Lipinski definition) is 0. The van der Waals surface area contributed by atoms with Crippen molar-refractivity contribution < 1.29 is 35.6 Å². The SMILES string of the molecule is CCS(=O)(=O)CC.O=C1c2c(F)c(F)c(F)c(F)c2C(=O)N1c1ccccc1. The van der Waals surface area contributed by atoms with E-state index in [0.717, 1.165) is 0 Å². The normalized spacial score (nSPS) is 13.3. The summed E-state index contributed by atoms with van der Waals surface area (Å²) in [5, 5.41) is 0. The van der Waals surface area contributed by atoms with E-state index in [2.05, 4.69) is 0 Å². The number of anilines is 1. The topological polar surface area (TPSA) is 71.5 Å². The summed E-state index contributed by atoms with van der Waals surface area (Å²) in [6, 6.07) is 7.29. The van der Waals surface area contributed by atoms with Crippen LogP contribution in [0, 0.1) is 23.3 Å². The summed E-state index contributed by atoms with van der Waals surface area (Å²) in [5.74, 6) is -9.94. The average Bonchev–Trinajstić information content (AvgIpc) is 2.96. The molecule has 0 spiro atoms. The van der Waals surface area contributed by atoms with Gasteiger partial charge in [-0.3, -0.25) is 9.59 Å². The molecular formula is C18H15F4NO4S. The van der Waals surface area contributed by atoms with Crippen LogP contribution in [0.15, 0.2) is 30.3 Å². The van der Waals surface area contributed by atoms with Crippen molar-refractivity contribution in [2.24, 2.45) is 0 Å². The fraction of sp³-hybridized carbons (Fsp3) is 0.222. The van der Waals surface area contributed by atoms with Gasteiger partial charge in [-0.05, 0) is 12.1 Å². The van der Waals surface area contributed by atoms with Gasteiger partial charge >= 0.3 is 0 Å². The molecule has 0 saturated carbocycles.